The highest BCUT2D eigenvalue weighted by Crippen LogP contribution is 2.19. The minimum atomic E-state index is -4.33. The quantitative estimate of drug-likeness (QED) is 0.888. The fourth-order valence-electron chi connectivity index (χ4n) is 0.962. The van der Waals surface area contributed by atoms with Crippen molar-refractivity contribution in [1.82, 2.24) is 15.0 Å². The molecular formula is C7H9ClF3N5. The lowest BCUT2D eigenvalue weighted by atomic mass is 10.5. The highest BCUT2D eigenvalue weighted by molar-refractivity contribution is 6.28. The molecular weight excluding hydrogens is 247 g/mol. The largest absolute Gasteiger partial charge is 0.406 e. The summed E-state index contributed by atoms with van der Waals surface area (Å²) in [6.45, 7) is -1.16. The lowest BCUT2D eigenvalue weighted by molar-refractivity contribution is -0.119. The van der Waals surface area contributed by atoms with E-state index in [1.54, 1.807) is 0 Å². The highest BCUT2D eigenvalue weighted by atomic mass is 35.5. The van der Waals surface area contributed by atoms with Crippen molar-refractivity contribution in [3.8, 4) is 0 Å². The number of aromatic nitrogens is 3. The van der Waals surface area contributed by atoms with Crippen molar-refractivity contribution in [3.05, 3.63) is 5.28 Å². The van der Waals surface area contributed by atoms with Gasteiger partial charge in [0.25, 0.3) is 0 Å². The minimum absolute atomic E-state index is 0.115. The molecule has 1 N–H and O–H groups in total. The van der Waals surface area contributed by atoms with Gasteiger partial charge in [-0.25, -0.2) is 0 Å². The van der Waals surface area contributed by atoms with Crippen LogP contribution in [0.5, 0.6) is 0 Å². The number of nitrogens with zero attached hydrogens (tertiary/aromatic N) is 4. The summed E-state index contributed by atoms with van der Waals surface area (Å²) < 4.78 is 36.3. The molecule has 0 aliphatic heterocycles. The first-order valence-corrected chi connectivity index (χ1v) is 4.57. The summed E-state index contributed by atoms with van der Waals surface area (Å²) in [6.07, 6.45) is -4.33. The third-order valence-corrected chi connectivity index (χ3v) is 1.75. The molecule has 9 heteroatoms. The van der Waals surface area contributed by atoms with Gasteiger partial charge in [-0.1, -0.05) is 0 Å². The fourth-order valence-corrected chi connectivity index (χ4v) is 1.12. The summed E-state index contributed by atoms with van der Waals surface area (Å²) >= 11 is 5.53. The van der Waals surface area contributed by atoms with E-state index in [1.165, 1.54) is 14.1 Å². The molecule has 5 nitrogen and oxygen atoms in total. The van der Waals surface area contributed by atoms with E-state index in [4.69, 9.17) is 11.6 Å². The molecule has 0 spiro atoms. The number of hydrogen-bond acceptors (Lipinski definition) is 5. The van der Waals surface area contributed by atoms with E-state index in [0.717, 1.165) is 4.90 Å². The van der Waals surface area contributed by atoms with Gasteiger partial charge >= 0.3 is 6.18 Å². The van der Waals surface area contributed by atoms with Gasteiger partial charge in [-0.05, 0) is 11.6 Å². The zero-order valence-corrected chi connectivity index (χ0v) is 9.26. The summed E-state index contributed by atoms with van der Waals surface area (Å²) in [6, 6.07) is 0. The molecule has 0 unspecified atom stereocenters. The van der Waals surface area contributed by atoms with Crippen LogP contribution in [0.4, 0.5) is 25.1 Å². The number of halogens is 4. The van der Waals surface area contributed by atoms with Crippen molar-refractivity contribution in [2.75, 3.05) is 30.9 Å². The van der Waals surface area contributed by atoms with Crippen molar-refractivity contribution in [2.45, 2.75) is 6.18 Å². The monoisotopic (exact) mass is 255 g/mol. The normalized spacial score (nSPS) is 11.4. The maximum absolute atomic E-state index is 12.1. The van der Waals surface area contributed by atoms with Crippen LogP contribution in [0.1, 0.15) is 0 Å². The van der Waals surface area contributed by atoms with Crippen molar-refractivity contribution in [2.24, 2.45) is 0 Å². The van der Waals surface area contributed by atoms with Gasteiger partial charge in [0.1, 0.15) is 6.54 Å². The SMILES string of the molecule is CNc1nc(Cl)nc(N(C)CC(F)(F)F)n1. The van der Waals surface area contributed by atoms with E-state index < -0.39 is 12.7 Å². The van der Waals surface area contributed by atoms with Crippen molar-refractivity contribution in [3.63, 3.8) is 0 Å². The van der Waals surface area contributed by atoms with Crippen molar-refractivity contribution < 1.29 is 13.2 Å². The lowest BCUT2D eigenvalue weighted by Gasteiger charge is -2.18. The van der Waals surface area contributed by atoms with Gasteiger partial charge in [0.05, 0.1) is 0 Å². The van der Waals surface area contributed by atoms with Crippen molar-refractivity contribution in [1.29, 1.82) is 0 Å². The molecule has 0 bridgehead atoms. The number of rotatable bonds is 3. The molecule has 1 aromatic rings. The molecule has 0 saturated carbocycles. The Morgan fingerprint density at radius 3 is 2.44 bits per heavy atom. The predicted octanol–water partition coefficient (Wildman–Crippen LogP) is 1.57. The Morgan fingerprint density at radius 1 is 1.31 bits per heavy atom. The topological polar surface area (TPSA) is 53.9 Å². The Kier molecular flexibility index (Phi) is 3.74. The van der Waals surface area contributed by atoms with Crippen LogP contribution in [-0.4, -0.2) is 41.8 Å². The number of alkyl halides is 3. The van der Waals surface area contributed by atoms with Crippen LogP contribution in [0.25, 0.3) is 0 Å². The summed E-state index contributed by atoms with van der Waals surface area (Å²) in [5.41, 5.74) is 0. The molecule has 0 aliphatic rings. The first kappa shape index (κ1) is 12.8. The smallest absolute Gasteiger partial charge is 0.357 e. The van der Waals surface area contributed by atoms with Crippen LogP contribution in [0.15, 0.2) is 0 Å². The van der Waals surface area contributed by atoms with E-state index in [1.807, 2.05) is 0 Å². The molecule has 0 radical (unpaired) electrons. The summed E-state index contributed by atoms with van der Waals surface area (Å²) in [5, 5.41) is 2.41. The third kappa shape index (κ3) is 3.69. The van der Waals surface area contributed by atoms with Gasteiger partial charge in [-0.15, -0.1) is 0 Å². The molecule has 16 heavy (non-hydrogen) atoms. The van der Waals surface area contributed by atoms with Gasteiger partial charge in [0.15, 0.2) is 0 Å². The van der Waals surface area contributed by atoms with Crippen LogP contribution in [0.3, 0.4) is 0 Å². The molecule has 1 rings (SSSR count). The summed E-state index contributed by atoms with van der Waals surface area (Å²) in [5.74, 6) is -0.0225. The van der Waals surface area contributed by atoms with Gasteiger partial charge in [0, 0.05) is 14.1 Å². The zero-order valence-electron chi connectivity index (χ0n) is 8.51. The van der Waals surface area contributed by atoms with Crippen LogP contribution < -0.4 is 10.2 Å². The Labute approximate surface area is 94.7 Å². The summed E-state index contributed by atoms with van der Waals surface area (Å²) in [4.78, 5) is 11.8. The molecule has 0 saturated heterocycles. The summed E-state index contributed by atoms with van der Waals surface area (Å²) in [7, 11) is 2.75. The standard InChI is InChI=1S/C7H9ClF3N5/c1-12-5-13-4(8)14-6(15-5)16(2)3-7(9,10)11/h3H2,1-2H3,(H,12,13,14,15). The van der Waals surface area contributed by atoms with E-state index in [0.29, 0.717) is 0 Å². The molecule has 1 heterocycles. The van der Waals surface area contributed by atoms with E-state index in [-0.39, 0.29) is 17.2 Å². The Bertz CT molecular complexity index is 370. The molecule has 1 aromatic heterocycles. The second-order valence-corrected chi connectivity index (χ2v) is 3.29. The van der Waals surface area contributed by atoms with Gasteiger partial charge in [-0.2, -0.15) is 28.1 Å². The van der Waals surface area contributed by atoms with Gasteiger partial charge < -0.3 is 10.2 Å². The van der Waals surface area contributed by atoms with Crippen LogP contribution in [-0.2, 0) is 0 Å². The van der Waals surface area contributed by atoms with E-state index in [9.17, 15) is 13.2 Å². The zero-order chi connectivity index (χ0) is 12.3. The fraction of sp³-hybridized carbons (Fsp3) is 0.571. The van der Waals surface area contributed by atoms with Gasteiger partial charge in [-0.3, -0.25) is 0 Å². The maximum atomic E-state index is 12.1. The van der Waals surface area contributed by atoms with Crippen LogP contribution in [0, 0.1) is 0 Å². The lowest BCUT2D eigenvalue weighted by Crippen LogP contribution is -2.32. The predicted molar refractivity (Wildman–Crippen MR) is 53.7 cm³/mol. The molecule has 0 fully saturated rings. The molecule has 90 valence electrons. The molecule has 0 aromatic carbocycles. The number of hydrogen-bond donors (Lipinski definition) is 1. The first-order valence-electron chi connectivity index (χ1n) is 4.19. The average Bonchev–Trinajstić information content (AvgIpc) is 2.14. The Hall–Kier alpha value is -1.31. The Balaban J connectivity index is 2.90. The average molecular weight is 256 g/mol. The second-order valence-electron chi connectivity index (χ2n) is 2.95. The van der Waals surface area contributed by atoms with E-state index >= 15 is 0 Å². The van der Waals surface area contributed by atoms with Crippen LogP contribution >= 0.6 is 11.6 Å². The molecule has 0 aliphatic carbocycles. The van der Waals surface area contributed by atoms with Gasteiger partial charge in [0.2, 0.25) is 17.2 Å². The highest BCUT2D eigenvalue weighted by Gasteiger charge is 2.30. The van der Waals surface area contributed by atoms with Crippen LogP contribution in [0.2, 0.25) is 5.28 Å². The molecule has 0 atom stereocenters. The third-order valence-electron chi connectivity index (χ3n) is 1.58. The van der Waals surface area contributed by atoms with E-state index in [2.05, 4.69) is 20.3 Å². The Morgan fingerprint density at radius 2 is 1.94 bits per heavy atom. The maximum Gasteiger partial charge on any atom is 0.406 e. The van der Waals surface area contributed by atoms with Crippen molar-refractivity contribution >= 4 is 23.5 Å². The number of anilines is 2. The molecule has 0 amide bonds. The number of nitrogens with one attached hydrogen (secondary N) is 1. The second kappa shape index (κ2) is 4.69. The first-order chi connectivity index (χ1) is 7.31. The minimum Gasteiger partial charge on any atom is -0.357 e.